The summed E-state index contributed by atoms with van der Waals surface area (Å²) in [7, 11) is 1.76. The number of rotatable bonds is 3. The molecule has 2 aliphatic heterocycles. The SMILES string of the molecule is C\C=C/C=C1\C(=C/NC)CC(=O)N1C1CCC(=O)NC1=O. The van der Waals surface area contributed by atoms with Gasteiger partial charge in [-0.2, -0.15) is 0 Å². The largest absolute Gasteiger partial charge is 0.394 e. The molecule has 0 aromatic rings. The maximum atomic E-state index is 12.3. The van der Waals surface area contributed by atoms with Crippen LogP contribution >= 0.6 is 0 Å². The van der Waals surface area contributed by atoms with Gasteiger partial charge in [0, 0.05) is 30.9 Å². The number of hydrogen-bond donors (Lipinski definition) is 2. The molecule has 2 fully saturated rings. The van der Waals surface area contributed by atoms with E-state index in [1.165, 1.54) is 4.90 Å². The molecule has 2 aliphatic rings. The summed E-state index contributed by atoms with van der Waals surface area (Å²) < 4.78 is 0. The number of amides is 3. The van der Waals surface area contributed by atoms with Gasteiger partial charge in [0.1, 0.15) is 6.04 Å². The fourth-order valence-electron chi connectivity index (χ4n) is 2.57. The molecule has 2 rings (SSSR count). The molecule has 2 saturated heterocycles. The van der Waals surface area contributed by atoms with E-state index in [-0.39, 0.29) is 24.7 Å². The molecule has 0 aromatic heterocycles. The summed E-state index contributed by atoms with van der Waals surface area (Å²) in [5.74, 6) is -0.814. The van der Waals surface area contributed by atoms with Crippen LogP contribution < -0.4 is 10.6 Å². The van der Waals surface area contributed by atoms with E-state index >= 15 is 0 Å². The van der Waals surface area contributed by atoms with Crippen molar-refractivity contribution >= 4 is 17.7 Å². The van der Waals surface area contributed by atoms with Crippen molar-refractivity contribution in [1.29, 1.82) is 0 Å². The number of nitrogens with one attached hydrogen (secondary N) is 2. The second-order valence-corrected chi connectivity index (χ2v) is 4.94. The highest BCUT2D eigenvalue weighted by atomic mass is 16.2. The third-order valence-corrected chi connectivity index (χ3v) is 3.49. The Labute approximate surface area is 123 Å². The second-order valence-electron chi connectivity index (χ2n) is 4.94. The van der Waals surface area contributed by atoms with E-state index in [0.717, 1.165) is 5.57 Å². The van der Waals surface area contributed by atoms with Crippen molar-refractivity contribution in [2.75, 3.05) is 7.05 Å². The van der Waals surface area contributed by atoms with Gasteiger partial charge in [-0.15, -0.1) is 0 Å². The molecular weight excluding hydrogens is 270 g/mol. The Morgan fingerprint density at radius 1 is 1.33 bits per heavy atom. The molecule has 112 valence electrons. The molecule has 0 bridgehead atoms. The van der Waals surface area contributed by atoms with Crippen LogP contribution in [0.1, 0.15) is 26.2 Å². The lowest BCUT2D eigenvalue weighted by Gasteiger charge is -2.30. The van der Waals surface area contributed by atoms with Crippen molar-refractivity contribution in [1.82, 2.24) is 15.5 Å². The van der Waals surface area contributed by atoms with Gasteiger partial charge in [0.2, 0.25) is 17.7 Å². The molecule has 2 N–H and O–H groups in total. The van der Waals surface area contributed by atoms with Gasteiger partial charge in [0.05, 0.1) is 6.42 Å². The smallest absolute Gasteiger partial charge is 0.249 e. The first kappa shape index (κ1) is 15.0. The Balaban J connectivity index is 2.35. The van der Waals surface area contributed by atoms with Gasteiger partial charge in [0.25, 0.3) is 0 Å². The number of piperidine rings is 1. The average Bonchev–Trinajstić information content (AvgIpc) is 2.73. The highest BCUT2D eigenvalue weighted by molar-refractivity contribution is 6.03. The number of likely N-dealkylation sites (tertiary alicyclic amines) is 1. The van der Waals surface area contributed by atoms with Crippen molar-refractivity contribution in [3.05, 3.63) is 35.7 Å². The minimum atomic E-state index is -0.616. The summed E-state index contributed by atoms with van der Waals surface area (Å²) in [6.07, 6.45) is 8.13. The van der Waals surface area contributed by atoms with Crippen LogP contribution in [0, 0.1) is 0 Å². The van der Waals surface area contributed by atoms with Gasteiger partial charge in [-0.05, 0) is 19.4 Å². The molecule has 0 aromatic carbocycles. The predicted molar refractivity (Wildman–Crippen MR) is 77.7 cm³/mol. The summed E-state index contributed by atoms with van der Waals surface area (Å²) >= 11 is 0. The molecule has 6 heteroatoms. The monoisotopic (exact) mass is 289 g/mol. The van der Waals surface area contributed by atoms with E-state index in [1.54, 1.807) is 13.2 Å². The van der Waals surface area contributed by atoms with Crippen LogP contribution in [0.3, 0.4) is 0 Å². The van der Waals surface area contributed by atoms with E-state index < -0.39 is 11.9 Å². The molecule has 0 aliphatic carbocycles. The lowest BCUT2D eigenvalue weighted by Crippen LogP contribution is -2.52. The van der Waals surface area contributed by atoms with E-state index in [0.29, 0.717) is 12.1 Å². The predicted octanol–water partition coefficient (Wildman–Crippen LogP) is 0.587. The Hall–Kier alpha value is -2.37. The molecule has 3 amide bonds. The maximum absolute atomic E-state index is 12.3. The molecule has 0 radical (unpaired) electrons. The summed E-state index contributed by atoms with van der Waals surface area (Å²) in [6, 6.07) is -0.616. The zero-order valence-electron chi connectivity index (χ0n) is 12.2. The number of carbonyl (C=O) groups is 3. The molecule has 1 unspecified atom stereocenters. The molecule has 1 atom stereocenters. The number of carbonyl (C=O) groups excluding carboxylic acids is 3. The third-order valence-electron chi connectivity index (χ3n) is 3.49. The number of hydrogen-bond acceptors (Lipinski definition) is 4. The molecule has 0 saturated carbocycles. The first-order valence-corrected chi connectivity index (χ1v) is 6.94. The number of nitrogens with zero attached hydrogens (tertiary/aromatic N) is 1. The quantitative estimate of drug-likeness (QED) is 0.745. The van der Waals surface area contributed by atoms with Gasteiger partial charge in [-0.3, -0.25) is 24.6 Å². The highest BCUT2D eigenvalue weighted by Crippen LogP contribution is 2.32. The Morgan fingerprint density at radius 3 is 2.71 bits per heavy atom. The summed E-state index contributed by atoms with van der Waals surface area (Å²) in [5.41, 5.74) is 1.55. The molecule has 2 heterocycles. The van der Waals surface area contributed by atoms with E-state index in [4.69, 9.17) is 0 Å². The van der Waals surface area contributed by atoms with Gasteiger partial charge >= 0.3 is 0 Å². The summed E-state index contributed by atoms with van der Waals surface area (Å²) in [4.78, 5) is 37.1. The summed E-state index contributed by atoms with van der Waals surface area (Å²) in [5, 5.41) is 5.22. The first-order valence-electron chi connectivity index (χ1n) is 6.94. The minimum absolute atomic E-state index is 0.123. The van der Waals surface area contributed by atoms with Crippen molar-refractivity contribution < 1.29 is 14.4 Å². The fourth-order valence-corrected chi connectivity index (χ4v) is 2.57. The fraction of sp³-hybridized carbons (Fsp3) is 0.400. The van der Waals surface area contributed by atoms with Crippen molar-refractivity contribution in [3.8, 4) is 0 Å². The Bertz CT molecular complexity index is 561. The Morgan fingerprint density at radius 2 is 2.10 bits per heavy atom. The van der Waals surface area contributed by atoms with E-state index in [9.17, 15) is 14.4 Å². The zero-order chi connectivity index (χ0) is 15.4. The minimum Gasteiger partial charge on any atom is -0.394 e. The highest BCUT2D eigenvalue weighted by Gasteiger charge is 2.40. The van der Waals surface area contributed by atoms with Crippen LogP contribution in [0.5, 0.6) is 0 Å². The topological polar surface area (TPSA) is 78.5 Å². The standard InChI is InChI=1S/C15H19N3O3/c1-3-4-5-11-10(9-16-2)8-14(20)18(11)12-6-7-13(19)17-15(12)21/h3-5,9,12,16H,6-8H2,1-2H3,(H,17,19,21)/b4-3-,10-9-,11-5+. The molecular formula is C15H19N3O3. The van der Waals surface area contributed by atoms with Gasteiger partial charge in [-0.1, -0.05) is 12.2 Å². The first-order chi connectivity index (χ1) is 10.1. The van der Waals surface area contributed by atoms with Crippen molar-refractivity contribution in [2.45, 2.75) is 32.2 Å². The van der Waals surface area contributed by atoms with E-state index in [2.05, 4.69) is 10.6 Å². The van der Waals surface area contributed by atoms with Crippen LogP contribution in [0.2, 0.25) is 0 Å². The van der Waals surface area contributed by atoms with Crippen molar-refractivity contribution in [2.24, 2.45) is 0 Å². The number of imide groups is 1. The second kappa shape index (κ2) is 6.39. The summed E-state index contributed by atoms with van der Waals surface area (Å²) in [6.45, 7) is 1.88. The maximum Gasteiger partial charge on any atom is 0.249 e. The number of allylic oxidation sites excluding steroid dienone is 4. The van der Waals surface area contributed by atoms with Crippen LogP contribution in [-0.2, 0) is 14.4 Å². The van der Waals surface area contributed by atoms with Crippen LogP contribution in [0.15, 0.2) is 35.7 Å². The normalized spacial score (nSPS) is 27.0. The third kappa shape index (κ3) is 3.04. The Kier molecular flexibility index (Phi) is 4.57. The lowest BCUT2D eigenvalue weighted by molar-refractivity contribution is -0.142. The average molecular weight is 289 g/mol. The van der Waals surface area contributed by atoms with Gasteiger partial charge in [0.15, 0.2) is 0 Å². The zero-order valence-corrected chi connectivity index (χ0v) is 12.2. The van der Waals surface area contributed by atoms with Crippen LogP contribution in [0.25, 0.3) is 0 Å². The molecule has 0 spiro atoms. The molecule has 6 nitrogen and oxygen atoms in total. The van der Waals surface area contributed by atoms with Gasteiger partial charge < -0.3 is 5.32 Å². The van der Waals surface area contributed by atoms with Crippen LogP contribution in [0.4, 0.5) is 0 Å². The van der Waals surface area contributed by atoms with Gasteiger partial charge in [-0.25, -0.2) is 0 Å². The van der Waals surface area contributed by atoms with E-state index in [1.807, 2.05) is 25.2 Å². The molecule has 21 heavy (non-hydrogen) atoms. The van der Waals surface area contributed by atoms with Crippen molar-refractivity contribution in [3.63, 3.8) is 0 Å². The van der Waals surface area contributed by atoms with Crippen LogP contribution in [-0.4, -0.2) is 35.7 Å². The lowest BCUT2D eigenvalue weighted by atomic mass is 10.0.